The number of para-hydroxylation sites is 1. The fraction of sp³-hybridized carbons (Fsp3) is 0. The topological polar surface area (TPSA) is 122 Å². The number of ether oxygens (including phenoxy) is 2. The summed E-state index contributed by atoms with van der Waals surface area (Å²) in [5, 5.41) is 21.5. The summed E-state index contributed by atoms with van der Waals surface area (Å²) in [5.41, 5.74) is -1.48. The van der Waals surface area contributed by atoms with Crippen LogP contribution >= 0.6 is 0 Å². The molecule has 9 heteroatoms. The first-order chi connectivity index (χ1) is 10.5. The lowest BCUT2D eigenvalue weighted by molar-refractivity contribution is -0.422. The summed E-state index contributed by atoms with van der Waals surface area (Å²) in [4.78, 5) is 31.2. The molecule has 0 heterocycles. The Morgan fingerprint density at radius 3 is 2.00 bits per heavy atom. The number of hydrogen-bond acceptors (Lipinski definition) is 7. The molecule has 22 heavy (non-hydrogen) atoms. The first-order valence-electron chi connectivity index (χ1n) is 5.85. The van der Waals surface area contributed by atoms with Crippen LogP contribution in [0, 0.1) is 20.2 Å². The molecule has 0 saturated heterocycles. The molecule has 0 bridgehead atoms. The number of carbonyl (C=O) groups is 1. The number of benzene rings is 2. The van der Waals surface area contributed by atoms with Crippen LogP contribution in [0.2, 0.25) is 0 Å². The molecule has 0 radical (unpaired) electrons. The van der Waals surface area contributed by atoms with Crippen molar-refractivity contribution in [3.63, 3.8) is 0 Å². The van der Waals surface area contributed by atoms with E-state index in [4.69, 9.17) is 9.47 Å². The van der Waals surface area contributed by atoms with E-state index in [2.05, 4.69) is 0 Å². The Balaban J connectivity index is 2.16. The van der Waals surface area contributed by atoms with Gasteiger partial charge in [0.25, 0.3) is 0 Å². The van der Waals surface area contributed by atoms with E-state index in [0.717, 1.165) is 18.2 Å². The van der Waals surface area contributed by atoms with Gasteiger partial charge < -0.3 is 9.47 Å². The molecule has 0 saturated carbocycles. The molecule has 0 atom stereocenters. The van der Waals surface area contributed by atoms with Gasteiger partial charge >= 0.3 is 17.5 Å². The number of nitro groups is 2. The highest BCUT2D eigenvalue weighted by molar-refractivity contribution is 5.68. The van der Waals surface area contributed by atoms with Gasteiger partial charge in [-0.05, 0) is 18.2 Å². The zero-order chi connectivity index (χ0) is 16.1. The summed E-state index contributed by atoms with van der Waals surface area (Å²) in [6.07, 6.45) is -1.12. The van der Waals surface area contributed by atoms with Crippen molar-refractivity contribution in [3.05, 3.63) is 68.8 Å². The molecule has 2 aromatic rings. The SMILES string of the molecule is O=C(Oc1ccccc1)Oc1ccc([N+](=O)[O-])c([N+](=O)[O-])c1. The Morgan fingerprint density at radius 1 is 0.818 bits per heavy atom. The first kappa shape index (κ1) is 14.9. The molecule has 2 rings (SSSR count). The number of nitro benzene ring substituents is 2. The molecule has 0 aliphatic heterocycles. The maximum absolute atomic E-state index is 11.5. The van der Waals surface area contributed by atoms with Gasteiger partial charge in [0.1, 0.15) is 11.5 Å². The maximum Gasteiger partial charge on any atom is 0.519 e. The minimum Gasteiger partial charge on any atom is -0.395 e. The molecular formula is C13H8N2O7. The van der Waals surface area contributed by atoms with Crippen molar-refractivity contribution in [1.29, 1.82) is 0 Å². The van der Waals surface area contributed by atoms with E-state index in [1.165, 1.54) is 12.1 Å². The quantitative estimate of drug-likeness (QED) is 0.368. The van der Waals surface area contributed by atoms with E-state index in [1.54, 1.807) is 18.2 Å². The van der Waals surface area contributed by atoms with Crippen molar-refractivity contribution in [3.8, 4) is 11.5 Å². The van der Waals surface area contributed by atoms with Gasteiger partial charge in [0, 0.05) is 6.07 Å². The van der Waals surface area contributed by atoms with E-state index < -0.39 is 27.4 Å². The van der Waals surface area contributed by atoms with Gasteiger partial charge in [-0.1, -0.05) is 18.2 Å². The van der Waals surface area contributed by atoms with Crippen LogP contribution in [0.1, 0.15) is 0 Å². The Hall–Kier alpha value is -3.49. The molecule has 112 valence electrons. The Labute approximate surface area is 123 Å². The van der Waals surface area contributed by atoms with Crippen molar-refractivity contribution >= 4 is 17.5 Å². The molecule has 0 aliphatic carbocycles. The van der Waals surface area contributed by atoms with Crippen LogP contribution in [0.3, 0.4) is 0 Å². The highest BCUT2D eigenvalue weighted by atomic mass is 16.7. The zero-order valence-electron chi connectivity index (χ0n) is 10.9. The van der Waals surface area contributed by atoms with Crippen molar-refractivity contribution in [2.75, 3.05) is 0 Å². The molecule has 0 amide bonds. The average molecular weight is 304 g/mol. The number of hydrogen-bond donors (Lipinski definition) is 0. The maximum atomic E-state index is 11.5. The number of rotatable bonds is 4. The van der Waals surface area contributed by atoms with Gasteiger partial charge in [-0.2, -0.15) is 0 Å². The number of carbonyl (C=O) groups excluding carboxylic acids is 1. The summed E-state index contributed by atoms with van der Waals surface area (Å²) < 4.78 is 9.59. The van der Waals surface area contributed by atoms with Crippen LogP contribution in [0.5, 0.6) is 11.5 Å². The Kier molecular flexibility index (Phi) is 4.27. The minimum absolute atomic E-state index is 0.226. The third-order valence-corrected chi connectivity index (χ3v) is 2.49. The van der Waals surface area contributed by atoms with Gasteiger partial charge in [0.15, 0.2) is 0 Å². The Morgan fingerprint density at radius 2 is 1.41 bits per heavy atom. The molecule has 0 aromatic heterocycles. The predicted octanol–water partition coefficient (Wildman–Crippen LogP) is 3.08. The third-order valence-electron chi connectivity index (χ3n) is 2.49. The van der Waals surface area contributed by atoms with Gasteiger partial charge in [-0.15, -0.1) is 0 Å². The second kappa shape index (κ2) is 6.31. The third kappa shape index (κ3) is 3.54. The smallest absolute Gasteiger partial charge is 0.395 e. The number of nitrogens with zero attached hydrogens (tertiary/aromatic N) is 2. The predicted molar refractivity (Wildman–Crippen MR) is 72.8 cm³/mol. The summed E-state index contributed by atoms with van der Waals surface area (Å²) in [5.74, 6) is -0.0119. The van der Waals surface area contributed by atoms with Gasteiger partial charge in [-0.25, -0.2) is 4.79 Å². The lowest BCUT2D eigenvalue weighted by atomic mass is 10.2. The van der Waals surface area contributed by atoms with Gasteiger partial charge in [-0.3, -0.25) is 20.2 Å². The molecule has 0 spiro atoms. The van der Waals surface area contributed by atoms with Crippen molar-refractivity contribution < 1.29 is 24.1 Å². The monoisotopic (exact) mass is 304 g/mol. The summed E-state index contributed by atoms with van der Waals surface area (Å²) >= 11 is 0. The second-order valence-corrected chi connectivity index (χ2v) is 3.93. The van der Waals surface area contributed by atoms with Crippen LogP contribution in [0.15, 0.2) is 48.5 Å². The van der Waals surface area contributed by atoms with Gasteiger partial charge in [0.2, 0.25) is 0 Å². The highest BCUT2D eigenvalue weighted by Crippen LogP contribution is 2.30. The average Bonchev–Trinajstić information content (AvgIpc) is 2.47. The molecule has 2 aromatic carbocycles. The molecule has 0 aliphatic rings. The second-order valence-electron chi connectivity index (χ2n) is 3.93. The molecule has 0 fully saturated rings. The summed E-state index contributed by atoms with van der Waals surface area (Å²) in [7, 11) is 0. The molecule has 9 nitrogen and oxygen atoms in total. The standard InChI is InChI=1S/C13H8N2O7/c16-13(21-9-4-2-1-3-5-9)22-10-6-7-11(14(17)18)12(8-10)15(19)20/h1-8H. The fourth-order valence-corrected chi connectivity index (χ4v) is 1.57. The van der Waals surface area contributed by atoms with Gasteiger partial charge in [0.05, 0.1) is 15.9 Å². The zero-order valence-corrected chi connectivity index (χ0v) is 10.9. The van der Waals surface area contributed by atoms with Crippen molar-refractivity contribution in [2.45, 2.75) is 0 Å². The largest absolute Gasteiger partial charge is 0.519 e. The highest BCUT2D eigenvalue weighted by Gasteiger charge is 2.25. The molecular weight excluding hydrogens is 296 g/mol. The normalized spacial score (nSPS) is 9.82. The minimum atomic E-state index is -1.12. The van der Waals surface area contributed by atoms with Crippen LogP contribution in [-0.4, -0.2) is 16.0 Å². The van der Waals surface area contributed by atoms with E-state index in [1.807, 2.05) is 0 Å². The van der Waals surface area contributed by atoms with E-state index in [0.29, 0.717) is 0 Å². The lowest BCUT2D eigenvalue weighted by Gasteiger charge is -2.05. The summed E-state index contributed by atoms with van der Waals surface area (Å²) in [6, 6.07) is 10.8. The van der Waals surface area contributed by atoms with Crippen LogP contribution in [-0.2, 0) is 0 Å². The Bertz CT molecular complexity index is 730. The van der Waals surface area contributed by atoms with E-state index in [-0.39, 0.29) is 11.5 Å². The summed E-state index contributed by atoms with van der Waals surface area (Å²) in [6.45, 7) is 0. The van der Waals surface area contributed by atoms with E-state index >= 15 is 0 Å². The van der Waals surface area contributed by atoms with Crippen molar-refractivity contribution in [2.24, 2.45) is 0 Å². The van der Waals surface area contributed by atoms with E-state index in [9.17, 15) is 25.0 Å². The molecule has 0 N–H and O–H groups in total. The fourth-order valence-electron chi connectivity index (χ4n) is 1.57. The van der Waals surface area contributed by atoms with Crippen LogP contribution in [0.25, 0.3) is 0 Å². The van der Waals surface area contributed by atoms with Crippen molar-refractivity contribution in [1.82, 2.24) is 0 Å². The van der Waals surface area contributed by atoms with Crippen LogP contribution < -0.4 is 9.47 Å². The van der Waals surface area contributed by atoms with Crippen LogP contribution in [0.4, 0.5) is 16.2 Å². The lowest BCUT2D eigenvalue weighted by Crippen LogP contribution is -2.13. The first-order valence-corrected chi connectivity index (χ1v) is 5.85. The molecule has 0 unspecified atom stereocenters.